The van der Waals surface area contributed by atoms with Crippen molar-refractivity contribution in [2.45, 2.75) is 39.7 Å². The molecule has 0 saturated carbocycles. The van der Waals surface area contributed by atoms with Crippen LogP contribution in [0.15, 0.2) is 35.6 Å². The maximum absolute atomic E-state index is 11.8. The molecule has 1 aliphatic heterocycles. The highest BCUT2D eigenvalue weighted by Crippen LogP contribution is 2.28. The molecule has 0 amide bonds. The summed E-state index contributed by atoms with van der Waals surface area (Å²) >= 11 is 0. The first-order valence-corrected chi connectivity index (χ1v) is 7.84. The Kier molecular flexibility index (Phi) is 5.79. The molecule has 0 aromatic heterocycles. The number of esters is 2. The van der Waals surface area contributed by atoms with Gasteiger partial charge in [-0.05, 0) is 38.5 Å². The highest BCUT2D eigenvalue weighted by atomic mass is 16.5. The molecule has 2 rings (SSSR count). The largest absolute Gasteiger partial charge is 0.494 e. The van der Waals surface area contributed by atoms with Crippen molar-refractivity contribution in [1.29, 1.82) is 0 Å². The Morgan fingerprint density at radius 1 is 1.09 bits per heavy atom. The van der Waals surface area contributed by atoms with Gasteiger partial charge in [0.05, 0.1) is 24.4 Å². The highest BCUT2D eigenvalue weighted by molar-refractivity contribution is 5.90. The van der Waals surface area contributed by atoms with Crippen LogP contribution in [0.4, 0.5) is 0 Å². The number of carbonyl (C=O) groups is 2. The molecule has 0 spiro atoms. The van der Waals surface area contributed by atoms with E-state index in [-0.39, 0.29) is 18.0 Å². The van der Waals surface area contributed by atoms with Crippen molar-refractivity contribution in [3.05, 3.63) is 46.7 Å². The Morgan fingerprint density at radius 2 is 1.70 bits per heavy atom. The summed E-state index contributed by atoms with van der Waals surface area (Å²) in [4.78, 5) is 23.4. The number of ether oxygens (including phenoxy) is 3. The molecule has 0 saturated heterocycles. The van der Waals surface area contributed by atoms with E-state index in [4.69, 9.17) is 14.2 Å². The van der Waals surface area contributed by atoms with Gasteiger partial charge in [-0.1, -0.05) is 12.1 Å². The number of hydrogen-bond acceptors (Lipinski definition) is 5. The molecule has 0 fully saturated rings. The number of allylic oxidation sites excluding steroid dienone is 1. The lowest BCUT2D eigenvalue weighted by molar-refractivity contribution is -0.138. The maximum atomic E-state index is 11.8. The van der Waals surface area contributed by atoms with Gasteiger partial charge < -0.3 is 14.2 Å². The summed E-state index contributed by atoms with van der Waals surface area (Å²) in [5.74, 6) is 0.0139. The normalized spacial score (nSPS) is 16.9. The lowest BCUT2D eigenvalue weighted by Gasteiger charge is -2.12. The molecule has 1 heterocycles. The number of hydrogen-bond donors (Lipinski definition) is 0. The van der Waals surface area contributed by atoms with E-state index in [2.05, 4.69) is 0 Å². The van der Waals surface area contributed by atoms with Crippen molar-refractivity contribution < 1.29 is 23.8 Å². The lowest BCUT2D eigenvalue weighted by atomic mass is 10.0. The van der Waals surface area contributed by atoms with Gasteiger partial charge in [0.15, 0.2) is 0 Å². The first-order valence-electron chi connectivity index (χ1n) is 7.84. The number of rotatable bonds is 6. The van der Waals surface area contributed by atoms with E-state index in [0.29, 0.717) is 43.0 Å². The Morgan fingerprint density at radius 3 is 2.30 bits per heavy atom. The zero-order valence-electron chi connectivity index (χ0n) is 13.8. The molecule has 1 atom stereocenters. The van der Waals surface area contributed by atoms with Crippen LogP contribution in [-0.4, -0.2) is 31.3 Å². The molecule has 5 nitrogen and oxygen atoms in total. The van der Waals surface area contributed by atoms with Gasteiger partial charge >= 0.3 is 11.9 Å². The van der Waals surface area contributed by atoms with Gasteiger partial charge in [-0.2, -0.15) is 0 Å². The third-order valence-corrected chi connectivity index (χ3v) is 3.65. The summed E-state index contributed by atoms with van der Waals surface area (Å²) in [6, 6.07) is 7.25. The minimum absolute atomic E-state index is 0.0807. The average Bonchev–Trinajstić information content (AvgIpc) is 2.89. The summed E-state index contributed by atoms with van der Waals surface area (Å²) in [6.07, 6.45) is 1.14. The Bertz CT molecular complexity index is 600. The lowest BCUT2D eigenvalue weighted by Crippen LogP contribution is -2.13. The van der Waals surface area contributed by atoms with Crippen molar-refractivity contribution in [1.82, 2.24) is 0 Å². The summed E-state index contributed by atoms with van der Waals surface area (Å²) in [5.41, 5.74) is 2.19. The molecular weight excluding hydrogens is 296 g/mol. The summed E-state index contributed by atoms with van der Waals surface area (Å²) in [6.45, 7) is 6.07. The number of carbonyl (C=O) groups excluding carboxylic acids is 2. The molecule has 1 aromatic carbocycles. The van der Waals surface area contributed by atoms with Gasteiger partial charge in [0.2, 0.25) is 0 Å². The maximum Gasteiger partial charge on any atom is 0.338 e. The van der Waals surface area contributed by atoms with E-state index in [1.807, 2.05) is 12.1 Å². The van der Waals surface area contributed by atoms with Crippen LogP contribution >= 0.6 is 0 Å². The third kappa shape index (κ3) is 4.34. The highest BCUT2D eigenvalue weighted by Gasteiger charge is 2.28. The Balaban J connectivity index is 1.94. The van der Waals surface area contributed by atoms with Gasteiger partial charge in [-0.15, -0.1) is 0 Å². The zero-order valence-corrected chi connectivity index (χ0v) is 13.8. The topological polar surface area (TPSA) is 61.8 Å². The van der Waals surface area contributed by atoms with E-state index in [1.54, 1.807) is 32.9 Å². The van der Waals surface area contributed by atoms with Crippen LogP contribution in [0, 0.1) is 0 Å². The van der Waals surface area contributed by atoms with Crippen molar-refractivity contribution in [2.24, 2.45) is 0 Å². The first kappa shape index (κ1) is 17.1. The van der Waals surface area contributed by atoms with Crippen LogP contribution in [-0.2, 0) is 25.4 Å². The molecule has 23 heavy (non-hydrogen) atoms. The van der Waals surface area contributed by atoms with Crippen LogP contribution in [0.3, 0.4) is 0 Å². The fraction of sp³-hybridized carbons (Fsp3) is 0.444. The molecule has 5 heteroatoms. The first-order chi connectivity index (χ1) is 11.0. The molecule has 0 radical (unpaired) electrons. The van der Waals surface area contributed by atoms with E-state index < -0.39 is 0 Å². The predicted molar refractivity (Wildman–Crippen MR) is 84.9 cm³/mol. The molecule has 1 aromatic rings. The minimum Gasteiger partial charge on any atom is -0.494 e. The Hall–Kier alpha value is -2.30. The van der Waals surface area contributed by atoms with Gasteiger partial charge in [0.1, 0.15) is 11.9 Å². The van der Waals surface area contributed by atoms with E-state index in [1.165, 1.54) is 0 Å². The fourth-order valence-electron chi connectivity index (χ4n) is 2.55. The molecule has 0 N–H and O–H groups in total. The zero-order chi connectivity index (χ0) is 16.8. The van der Waals surface area contributed by atoms with Crippen LogP contribution in [0.25, 0.3) is 0 Å². The van der Waals surface area contributed by atoms with Crippen LogP contribution in [0.5, 0.6) is 0 Å². The molecule has 1 aliphatic rings. The average molecular weight is 318 g/mol. The summed E-state index contributed by atoms with van der Waals surface area (Å²) in [7, 11) is 0. The van der Waals surface area contributed by atoms with E-state index in [0.717, 1.165) is 5.56 Å². The van der Waals surface area contributed by atoms with E-state index in [9.17, 15) is 9.59 Å². The molecule has 0 bridgehead atoms. The second-order valence-electron chi connectivity index (χ2n) is 5.32. The molecule has 124 valence electrons. The summed E-state index contributed by atoms with van der Waals surface area (Å²) in [5, 5.41) is 0. The summed E-state index contributed by atoms with van der Waals surface area (Å²) < 4.78 is 15.7. The quantitative estimate of drug-likeness (QED) is 0.755. The smallest absolute Gasteiger partial charge is 0.338 e. The Labute approximate surface area is 136 Å². The van der Waals surface area contributed by atoms with Crippen LogP contribution in [0.2, 0.25) is 0 Å². The molecule has 1 unspecified atom stereocenters. The van der Waals surface area contributed by atoms with Crippen molar-refractivity contribution in [3.8, 4) is 0 Å². The van der Waals surface area contributed by atoms with Gasteiger partial charge in [-0.25, -0.2) is 9.59 Å². The SMILES string of the molecule is CCOC(=O)C1=C(C)OC(Cc2ccc(C(=O)OCC)cc2)C1. The van der Waals surface area contributed by atoms with Crippen molar-refractivity contribution in [3.63, 3.8) is 0 Å². The minimum atomic E-state index is -0.321. The van der Waals surface area contributed by atoms with Crippen molar-refractivity contribution >= 4 is 11.9 Å². The van der Waals surface area contributed by atoms with Crippen LogP contribution < -0.4 is 0 Å². The van der Waals surface area contributed by atoms with Crippen LogP contribution in [0.1, 0.15) is 43.1 Å². The van der Waals surface area contributed by atoms with Gasteiger partial charge in [0, 0.05) is 12.8 Å². The van der Waals surface area contributed by atoms with Crippen molar-refractivity contribution in [2.75, 3.05) is 13.2 Å². The van der Waals surface area contributed by atoms with Gasteiger partial charge in [-0.3, -0.25) is 0 Å². The number of benzene rings is 1. The second-order valence-corrected chi connectivity index (χ2v) is 5.32. The fourth-order valence-corrected chi connectivity index (χ4v) is 2.55. The molecule has 0 aliphatic carbocycles. The standard InChI is InChI=1S/C18H22O5/c1-4-21-17(19)14-8-6-13(7-9-14)10-15-11-16(12(3)23-15)18(20)22-5-2/h6-9,15H,4-5,10-11H2,1-3H3. The third-order valence-electron chi connectivity index (χ3n) is 3.65. The monoisotopic (exact) mass is 318 g/mol. The molecular formula is C18H22O5. The van der Waals surface area contributed by atoms with Gasteiger partial charge in [0.25, 0.3) is 0 Å². The second kappa shape index (κ2) is 7.81. The van der Waals surface area contributed by atoms with E-state index >= 15 is 0 Å². The predicted octanol–water partition coefficient (Wildman–Crippen LogP) is 3.03.